The highest BCUT2D eigenvalue weighted by atomic mass is 127. The van der Waals surface area contributed by atoms with Gasteiger partial charge in [0.15, 0.2) is 12.4 Å². The van der Waals surface area contributed by atoms with Crippen molar-refractivity contribution < 1.29 is 14.3 Å². The minimum absolute atomic E-state index is 0.0512. The lowest BCUT2D eigenvalue weighted by atomic mass is 10.2. The maximum atomic E-state index is 11.6. The number of ketones is 1. The molecule has 96 valence electrons. The van der Waals surface area contributed by atoms with Crippen molar-refractivity contribution in [2.24, 2.45) is 0 Å². The molecule has 18 heavy (non-hydrogen) atoms. The van der Waals surface area contributed by atoms with Crippen LogP contribution in [-0.4, -0.2) is 24.3 Å². The maximum Gasteiger partial charge on any atom is 0.258 e. The summed E-state index contributed by atoms with van der Waals surface area (Å²) in [5, 5.41) is 2.70. The first kappa shape index (κ1) is 13.3. The molecule has 1 atom stereocenters. The molecule has 0 radical (unpaired) electrons. The fraction of sp³-hybridized carbons (Fsp3) is 0.385. The van der Waals surface area contributed by atoms with Crippen LogP contribution in [-0.2, 0) is 9.59 Å². The molecule has 0 saturated heterocycles. The standard InChI is InChI=1S/C13H14INO3/c14-9-4-6-10(7-5-9)18-8-13(17)15-11-2-1-3-12(11)16/h4-7,11H,1-3,8H2,(H,15,17)/t11-/m0/s1. The topological polar surface area (TPSA) is 55.4 Å². The molecule has 0 heterocycles. The first-order valence-corrected chi connectivity index (χ1v) is 6.93. The average molecular weight is 359 g/mol. The first-order valence-electron chi connectivity index (χ1n) is 5.85. The third-order valence-corrected chi connectivity index (χ3v) is 3.54. The molecule has 5 heteroatoms. The molecule has 0 spiro atoms. The van der Waals surface area contributed by atoms with Crippen LogP contribution in [0, 0.1) is 3.57 Å². The Balaban J connectivity index is 1.78. The maximum absolute atomic E-state index is 11.6. The molecule has 0 aromatic heterocycles. The summed E-state index contributed by atoms with van der Waals surface area (Å²) in [5.41, 5.74) is 0. The van der Waals surface area contributed by atoms with Crippen LogP contribution >= 0.6 is 22.6 Å². The predicted octanol–water partition coefficient (Wildman–Crippen LogP) is 1.91. The fourth-order valence-corrected chi connectivity index (χ4v) is 2.24. The van der Waals surface area contributed by atoms with Gasteiger partial charge in [0.05, 0.1) is 6.04 Å². The van der Waals surface area contributed by atoms with E-state index < -0.39 is 0 Å². The molecule has 1 fully saturated rings. The Bertz CT molecular complexity index is 444. The summed E-state index contributed by atoms with van der Waals surface area (Å²) in [6.07, 6.45) is 2.18. The summed E-state index contributed by atoms with van der Waals surface area (Å²) >= 11 is 2.20. The highest BCUT2D eigenvalue weighted by molar-refractivity contribution is 14.1. The van der Waals surface area contributed by atoms with Crippen molar-refractivity contribution in [2.45, 2.75) is 25.3 Å². The number of ether oxygens (including phenoxy) is 1. The molecule has 1 aliphatic rings. The van der Waals surface area contributed by atoms with E-state index in [-0.39, 0.29) is 24.3 Å². The zero-order valence-electron chi connectivity index (χ0n) is 9.82. The molecule has 1 aromatic rings. The van der Waals surface area contributed by atoms with Crippen molar-refractivity contribution in [3.8, 4) is 5.75 Å². The Morgan fingerprint density at radius 3 is 2.72 bits per heavy atom. The van der Waals surface area contributed by atoms with Crippen molar-refractivity contribution in [3.63, 3.8) is 0 Å². The minimum Gasteiger partial charge on any atom is -0.484 e. The number of Topliss-reactive ketones (excluding diaryl/α,β-unsaturated/α-hetero) is 1. The van der Waals surface area contributed by atoms with Gasteiger partial charge >= 0.3 is 0 Å². The van der Waals surface area contributed by atoms with Gasteiger partial charge in [-0.2, -0.15) is 0 Å². The van der Waals surface area contributed by atoms with Gasteiger partial charge in [0, 0.05) is 9.99 Å². The van der Waals surface area contributed by atoms with E-state index in [1.54, 1.807) is 0 Å². The molecular formula is C13H14INO3. The molecular weight excluding hydrogens is 345 g/mol. The number of hydrogen-bond donors (Lipinski definition) is 1. The molecule has 1 saturated carbocycles. The number of halogens is 1. The van der Waals surface area contributed by atoms with Crippen molar-refractivity contribution in [1.29, 1.82) is 0 Å². The van der Waals surface area contributed by atoms with E-state index in [1.807, 2.05) is 24.3 Å². The molecule has 4 nitrogen and oxygen atoms in total. The van der Waals surface area contributed by atoms with E-state index in [4.69, 9.17) is 4.74 Å². The smallest absolute Gasteiger partial charge is 0.258 e. The zero-order valence-corrected chi connectivity index (χ0v) is 12.0. The number of hydrogen-bond acceptors (Lipinski definition) is 3. The lowest BCUT2D eigenvalue weighted by molar-refractivity contribution is -0.127. The monoisotopic (exact) mass is 359 g/mol. The molecule has 0 aliphatic heterocycles. The van der Waals surface area contributed by atoms with Crippen LogP contribution in [0.4, 0.5) is 0 Å². The second-order valence-corrected chi connectivity index (χ2v) is 5.47. The van der Waals surface area contributed by atoms with Crippen LogP contribution in [0.1, 0.15) is 19.3 Å². The van der Waals surface area contributed by atoms with Crippen molar-refractivity contribution >= 4 is 34.3 Å². The average Bonchev–Trinajstić information content (AvgIpc) is 2.74. The molecule has 2 rings (SSSR count). The molecule has 1 amide bonds. The third kappa shape index (κ3) is 3.69. The van der Waals surface area contributed by atoms with Crippen molar-refractivity contribution in [2.75, 3.05) is 6.61 Å². The first-order chi connectivity index (χ1) is 8.65. The van der Waals surface area contributed by atoms with Crippen molar-refractivity contribution in [1.82, 2.24) is 5.32 Å². The van der Waals surface area contributed by atoms with Gasteiger partial charge in [0.2, 0.25) is 0 Å². The van der Waals surface area contributed by atoms with Gasteiger partial charge in [-0.25, -0.2) is 0 Å². The summed E-state index contributed by atoms with van der Waals surface area (Å²) in [4.78, 5) is 23.0. The quantitative estimate of drug-likeness (QED) is 0.836. The highest BCUT2D eigenvalue weighted by Gasteiger charge is 2.25. The van der Waals surface area contributed by atoms with Gasteiger partial charge in [-0.3, -0.25) is 9.59 Å². The number of carbonyl (C=O) groups excluding carboxylic acids is 2. The molecule has 0 unspecified atom stereocenters. The normalized spacial score (nSPS) is 18.7. The Morgan fingerprint density at radius 1 is 1.39 bits per heavy atom. The molecule has 1 aliphatic carbocycles. The van der Waals surface area contributed by atoms with Crippen molar-refractivity contribution in [3.05, 3.63) is 27.8 Å². The van der Waals surface area contributed by atoms with Gasteiger partial charge in [-0.15, -0.1) is 0 Å². The van der Waals surface area contributed by atoms with Gasteiger partial charge in [-0.05, 0) is 59.7 Å². The van der Waals surface area contributed by atoms with Crippen LogP contribution in [0.3, 0.4) is 0 Å². The van der Waals surface area contributed by atoms with E-state index in [2.05, 4.69) is 27.9 Å². The summed E-state index contributed by atoms with van der Waals surface area (Å²) in [7, 11) is 0. The Hall–Kier alpha value is -1.11. The number of rotatable bonds is 4. The van der Waals surface area contributed by atoms with Crippen LogP contribution in [0.15, 0.2) is 24.3 Å². The molecule has 1 N–H and O–H groups in total. The number of amides is 1. The lowest BCUT2D eigenvalue weighted by Crippen LogP contribution is -2.40. The summed E-state index contributed by atoms with van der Waals surface area (Å²) in [6, 6.07) is 7.14. The SMILES string of the molecule is O=C(COc1ccc(I)cc1)N[C@H]1CCCC1=O. The number of benzene rings is 1. The van der Waals surface area contributed by atoms with Crippen LogP contribution in [0.5, 0.6) is 5.75 Å². The van der Waals surface area contributed by atoms with E-state index in [9.17, 15) is 9.59 Å². The van der Waals surface area contributed by atoms with E-state index in [0.717, 1.165) is 16.4 Å². The van der Waals surface area contributed by atoms with Crippen LogP contribution in [0.2, 0.25) is 0 Å². The Morgan fingerprint density at radius 2 is 2.11 bits per heavy atom. The van der Waals surface area contributed by atoms with Gasteiger partial charge in [-0.1, -0.05) is 0 Å². The fourth-order valence-electron chi connectivity index (χ4n) is 1.88. The number of nitrogens with one attached hydrogen (secondary N) is 1. The van der Waals surface area contributed by atoms with Gasteiger partial charge in [0.25, 0.3) is 5.91 Å². The van der Waals surface area contributed by atoms with Crippen LogP contribution < -0.4 is 10.1 Å². The van der Waals surface area contributed by atoms with Crippen LogP contribution in [0.25, 0.3) is 0 Å². The van der Waals surface area contributed by atoms with E-state index in [0.29, 0.717) is 12.2 Å². The summed E-state index contributed by atoms with van der Waals surface area (Å²) in [6.45, 7) is -0.0512. The van der Waals surface area contributed by atoms with E-state index >= 15 is 0 Å². The molecule has 0 bridgehead atoms. The minimum atomic E-state index is -0.308. The van der Waals surface area contributed by atoms with Gasteiger partial charge < -0.3 is 10.1 Å². The molecule has 1 aromatic carbocycles. The number of carbonyl (C=O) groups is 2. The van der Waals surface area contributed by atoms with Gasteiger partial charge in [0.1, 0.15) is 5.75 Å². The largest absolute Gasteiger partial charge is 0.484 e. The highest BCUT2D eigenvalue weighted by Crippen LogP contribution is 2.15. The summed E-state index contributed by atoms with van der Waals surface area (Å²) < 4.78 is 6.45. The third-order valence-electron chi connectivity index (χ3n) is 2.82. The zero-order chi connectivity index (χ0) is 13.0. The van der Waals surface area contributed by atoms with E-state index in [1.165, 1.54) is 0 Å². The second kappa shape index (κ2) is 6.17. The lowest BCUT2D eigenvalue weighted by Gasteiger charge is -2.11. The second-order valence-electron chi connectivity index (χ2n) is 4.22. The Kier molecular flexibility index (Phi) is 4.57. The predicted molar refractivity (Wildman–Crippen MR) is 75.4 cm³/mol. The Labute approximate surface area is 119 Å². The summed E-state index contributed by atoms with van der Waals surface area (Å²) in [5.74, 6) is 0.537.